The number of nitrogens with one attached hydrogen (secondary N) is 1. The zero-order valence-electron chi connectivity index (χ0n) is 22.1. The molecular formula is C29H32FN3O5S. The zero-order chi connectivity index (χ0) is 28.6. The van der Waals surface area contributed by atoms with E-state index in [9.17, 15) is 27.2 Å². The molecule has 0 bridgehead atoms. The van der Waals surface area contributed by atoms with E-state index in [4.69, 9.17) is 0 Å². The molecule has 0 saturated carbocycles. The summed E-state index contributed by atoms with van der Waals surface area (Å²) in [5.74, 6) is -1.98. The number of hydrogen-bond acceptors (Lipinski definition) is 5. The van der Waals surface area contributed by atoms with Gasteiger partial charge in [-0.1, -0.05) is 60.7 Å². The van der Waals surface area contributed by atoms with Gasteiger partial charge in [-0.05, 0) is 37.6 Å². The van der Waals surface area contributed by atoms with Crippen LogP contribution in [-0.2, 0) is 32.6 Å². The fourth-order valence-electron chi connectivity index (χ4n) is 4.15. The molecule has 0 fully saturated rings. The first-order valence-electron chi connectivity index (χ1n) is 12.4. The summed E-state index contributed by atoms with van der Waals surface area (Å²) in [7, 11) is -3.99. The van der Waals surface area contributed by atoms with Crippen LogP contribution in [0.3, 0.4) is 0 Å². The lowest BCUT2D eigenvalue weighted by Crippen LogP contribution is -2.53. The molecule has 1 N–H and O–H groups in total. The molecule has 1 unspecified atom stereocenters. The van der Waals surface area contributed by atoms with Gasteiger partial charge in [0.15, 0.2) is 5.78 Å². The molecule has 39 heavy (non-hydrogen) atoms. The van der Waals surface area contributed by atoms with Crippen molar-refractivity contribution in [3.63, 3.8) is 0 Å². The van der Waals surface area contributed by atoms with E-state index in [1.807, 2.05) is 18.2 Å². The highest BCUT2D eigenvalue weighted by atomic mass is 32.2. The maximum Gasteiger partial charge on any atom is 0.244 e. The minimum Gasteiger partial charge on any atom is -0.355 e. The molecule has 0 heterocycles. The maximum absolute atomic E-state index is 14.7. The molecule has 0 radical (unpaired) electrons. The topological polar surface area (TPSA) is 104 Å². The molecule has 0 saturated heterocycles. The summed E-state index contributed by atoms with van der Waals surface area (Å²) in [6.07, 6.45) is 1.08. The predicted octanol–water partition coefficient (Wildman–Crippen LogP) is 3.57. The van der Waals surface area contributed by atoms with Gasteiger partial charge in [0, 0.05) is 30.6 Å². The lowest BCUT2D eigenvalue weighted by Gasteiger charge is -2.33. The van der Waals surface area contributed by atoms with E-state index in [2.05, 4.69) is 5.32 Å². The first-order chi connectivity index (χ1) is 18.5. The second kappa shape index (κ2) is 13.1. The van der Waals surface area contributed by atoms with Crippen LogP contribution in [0.2, 0.25) is 0 Å². The van der Waals surface area contributed by atoms with Gasteiger partial charge in [0.2, 0.25) is 21.8 Å². The van der Waals surface area contributed by atoms with Gasteiger partial charge in [0.1, 0.15) is 18.4 Å². The van der Waals surface area contributed by atoms with Crippen molar-refractivity contribution in [3.05, 3.63) is 101 Å². The van der Waals surface area contributed by atoms with Gasteiger partial charge in [-0.2, -0.15) is 0 Å². The van der Waals surface area contributed by atoms with Gasteiger partial charge in [0.05, 0.1) is 11.9 Å². The molecular weight excluding hydrogens is 521 g/mol. The smallest absolute Gasteiger partial charge is 0.244 e. The Morgan fingerprint density at radius 2 is 1.62 bits per heavy atom. The molecule has 3 aromatic carbocycles. The maximum atomic E-state index is 14.7. The average molecular weight is 554 g/mol. The molecule has 1 atom stereocenters. The molecule has 0 aliphatic carbocycles. The minimum absolute atomic E-state index is 0.127. The van der Waals surface area contributed by atoms with Crippen LogP contribution in [0.25, 0.3) is 0 Å². The number of amides is 2. The lowest BCUT2D eigenvalue weighted by molar-refractivity contribution is -0.140. The number of benzene rings is 3. The summed E-state index contributed by atoms with van der Waals surface area (Å²) in [5, 5.41) is 2.74. The van der Waals surface area contributed by atoms with Crippen molar-refractivity contribution in [3.8, 4) is 0 Å². The fourth-order valence-corrected chi connectivity index (χ4v) is 4.99. The number of sulfonamides is 1. The van der Waals surface area contributed by atoms with Gasteiger partial charge < -0.3 is 10.2 Å². The molecule has 206 valence electrons. The molecule has 0 spiro atoms. The Hall–Kier alpha value is -4.05. The van der Waals surface area contributed by atoms with Crippen molar-refractivity contribution >= 4 is 33.3 Å². The number of Topliss-reactive ketones (excluding diaryl/α,β-unsaturated/α-hetero) is 1. The van der Waals surface area contributed by atoms with Crippen LogP contribution in [0, 0.1) is 5.82 Å². The molecule has 3 aromatic rings. The van der Waals surface area contributed by atoms with E-state index in [0.29, 0.717) is 6.54 Å². The first-order valence-corrected chi connectivity index (χ1v) is 14.3. The van der Waals surface area contributed by atoms with Crippen molar-refractivity contribution in [1.29, 1.82) is 0 Å². The second-order valence-corrected chi connectivity index (χ2v) is 11.0. The quantitative estimate of drug-likeness (QED) is 0.346. The number of anilines is 1. The number of carbonyl (C=O) groups excluding carboxylic acids is 3. The van der Waals surface area contributed by atoms with Crippen molar-refractivity contribution < 1.29 is 27.2 Å². The fraction of sp³-hybridized carbons (Fsp3) is 0.276. The second-order valence-electron chi connectivity index (χ2n) is 9.09. The highest BCUT2D eigenvalue weighted by molar-refractivity contribution is 7.92. The molecule has 2 amide bonds. The monoisotopic (exact) mass is 553 g/mol. The van der Waals surface area contributed by atoms with Crippen molar-refractivity contribution in [2.24, 2.45) is 0 Å². The van der Waals surface area contributed by atoms with Crippen LogP contribution < -0.4 is 9.62 Å². The Balaban J connectivity index is 2.07. The largest absolute Gasteiger partial charge is 0.355 e. The molecule has 8 nitrogen and oxygen atoms in total. The van der Waals surface area contributed by atoms with Crippen LogP contribution in [0.1, 0.15) is 35.3 Å². The third-order valence-electron chi connectivity index (χ3n) is 6.14. The highest BCUT2D eigenvalue weighted by Crippen LogP contribution is 2.22. The van der Waals surface area contributed by atoms with Gasteiger partial charge in [-0.25, -0.2) is 12.8 Å². The van der Waals surface area contributed by atoms with Gasteiger partial charge in [0.25, 0.3) is 0 Å². The van der Waals surface area contributed by atoms with Gasteiger partial charge in [-0.15, -0.1) is 0 Å². The summed E-state index contributed by atoms with van der Waals surface area (Å²) in [5.41, 5.74) is 1.36. The zero-order valence-corrected chi connectivity index (χ0v) is 22.9. The summed E-state index contributed by atoms with van der Waals surface area (Å²) in [6.45, 7) is 2.49. The number of nitrogens with zero attached hydrogens (tertiary/aromatic N) is 2. The third-order valence-corrected chi connectivity index (χ3v) is 7.28. The Morgan fingerprint density at radius 1 is 0.949 bits per heavy atom. The first kappa shape index (κ1) is 29.5. The number of halogens is 1. The van der Waals surface area contributed by atoms with E-state index < -0.39 is 40.2 Å². The summed E-state index contributed by atoms with van der Waals surface area (Å²) in [6, 6.07) is 19.9. The standard InChI is InChI=1S/C29H32FN3O5S/c1-4-31-29(36)27(17-22-11-6-5-7-12-22)32(19-24-13-8-9-16-26(24)30)28(35)20-33(39(3,37)38)25-15-10-14-23(18-25)21(2)34/h5-16,18,27H,4,17,19-20H2,1-3H3,(H,31,36). The number of likely N-dealkylation sites (N-methyl/N-ethyl adjacent to an activating group) is 1. The molecule has 10 heteroatoms. The minimum atomic E-state index is -3.99. The summed E-state index contributed by atoms with van der Waals surface area (Å²) < 4.78 is 41.2. The predicted molar refractivity (Wildman–Crippen MR) is 148 cm³/mol. The average Bonchev–Trinajstić information content (AvgIpc) is 2.90. The molecule has 0 aliphatic rings. The highest BCUT2D eigenvalue weighted by Gasteiger charge is 2.33. The van der Waals surface area contributed by atoms with Gasteiger partial charge >= 0.3 is 0 Å². The summed E-state index contributed by atoms with van der Waals surface area (Å²) >= 11 is 0. The number of hydrogen-bond donors (Lipinski definition) is 1. The van der Waals surface area contributed by atoms with Crippen LogP contribution in [0.15, 0.2) is 78.9 Å². The van der Waals surface area contributed by atoms with E-state index >= 15 is 0 Å². The normalized spacial score (nSPS) is 11.9. The van der Waals surface area contributed by atoms with Crippen LogP contribution >= 0.6 is 0 Å². The van der Waals surface area contributed by atoms with Crippen molar-refractivity contribution in [2.75, 3.05) is 23.7 Å². The van der Waals surface area contributed by atoms with Crippen LogP contribution in [0.4, 0.5) is 10.1 Å². The third kappa shape index (κ3) is 7.97. The number of ketones is 1. The Bertz CT molecular complexity index is 1430. The Kier molecular flexibility index (Phi) is 9.95. The molecule has 3 rings (SSSR count). The van der Waals surface area contributed by atoms with E-state index in [1.54, 1.807) is 31.2 Å². The Morgan fingerprint density at radius 3 is 2.23 bits per heavy atom. The summed E-state index contributed by atoms with van der Waals surface area (Å²) in [4.78, 5) is 40.3. The van der Waals surface area contributed by atoms with Crippen LogP contribution in [-0.4, -0.2) is 56.3 Å². The van der Waals surface area contributed by atoms with Gasteiger partial charge in [-0.3, -0.25) is 18.7 Å². The SMILES string of the molecule is CCNC(=O)C(Cc1ccccc1)N(Cc1ccccc1F)C(=O)CN(c1cccc(C(C)=O)c1)S(C)(=O)=O. The van der Waals surface area contributed by atoms with E-state index in [1.165, 1.54) is 48.2 Å². The molecule has 0 aromatic heterocycles. The van der Waals surface area contributed by atoms with Crippen molar-refractivity contribution in [1.82, 2.24) is 10.2 Å². The lowest BCUT2D eigenvalue weighted by atomic mass is 10.0. The van der Waals surface area contributed by atoms with E-state index in [0.717, 1.165) is 16.1 Å². The molecule has 0 aliphatic heterocycles. The number of rotatable bonds is 12. The number of carbonyl (C=O) groups is 3. The van der Waals surface area contributed by atoms with E-state index in [-0.39, 0.29) is 35.6 Å². The van der Waals surface area contributed by atoms with Crippen molar-refractivity contribution in [2.45, 2.75) is 32.9 Å². The Labute approximate surface area is 228 Å². The van der Waals surface area contributed by atoms with Crippen LogP contribution in [0.5, 0.6) is 0 Å².